The molecule has 0 unspecified atom stereocenters. The van der Waals surface area contributed by atoms with Crippen molar-refractivity contribution >= 4 is 11.0 Å². The third-order valence-electron chi connectivity index (χ3n) is 3.35. The molecule has 2 aromatic heterocycles. The molecule has 112 valence electrons. The minimum atomic E-state index is -0.336. The van der Waals surface area contributed by atoms with Crippen LogP contribution >= 0.6 is 0 Å². The van der Waals surface area contributed by atoms with Gasteiger partial charge < -0.3 is 14.4 Å². The number of rotatable bonds is 6. The van der Waals surface area contributed by atoms with Crippen molar-refractivity contribution in [2.24, 2.45) is 0 Å². The van der Waals surface area contributed by atoms with Gasteiger partial charge in [0, 0.05) is 25.9 Å². The molecule has 7 heteroatoms. The number of fused-ring (bicyclic) bond motifs is 1. The van der Waals surface area contributed by atoms with Gasteiger partial charge in [-0.15, -0.1) is 0 Å². The first-order valence-corrected chi connectivity index (χ1v) is 6.86. The standard InChI is InChI=1S/C14H18N4O3/c1-3-18-14(20)12(21-2)11-10(8-15)9-17(13(11)16-18)6-4-5-7-19/h9,19H,3-7H2,1-2H3. The van der Waals surface area contributed by atoms with E-state index in [9.17, 15) is 10.1 Å². The Hall–Kier alpha value is -2.33. The largest absolute Gasteiger partial charge is 0.490 e. The molecular weight excluding hydrogens is 272 g/mol. The number of unbranched alkanes of at least 4 members (excludes halogenated alkanes) is 1. The first kappa shape index (κ1) is 15.1. The van der Waals surface area contributed by atoms with Gasteiger partial charge in [-0.1, -0.05) is 0 Å². The molecule has 0 fully saturated rings. The molecule has 21 heavy (non-hydrogen) atoms. The second-order valence-corrected chi connectivity index (χ2v) is 4.63. The van der Waals surface area contributed by atoms with E-state index in [-0.39, 0.29) is 17.9 Å². The van der Waals surface area contributed by atoms with Crippen molar-refractivity contribution in [1.82, 2.24) is 14.3 Å². The van der Waals surface area contributed by atoms with Crippen LogP contribution in [0.3, 0.4) is 0 Å². The molecule has 0 bridgehead atoms. The number of aliphatic hydroxyl groups is 1. The quantitative estimate of drug-likeness (QED) is 0.797. The zero-order valence-electron chi connectivity index (χ0n) is 12.2. The fraction of sp³-hybridized carbons (Fsp3) is 0.500. The van der Waals surface area contributed by atoms with E-state index in [0.717, 1.165) is 6.42 Å². The van der Waals surface area contributed by atoms with Crippen LogP contribution in [0.1, 0.15) is 25.3 Å². The molecule has 0 spiro atoms. The van der Waals surface area contributed by atoms with Crippen molar-refractivity contribution in [3.8, 4) is 11.8 Å². The third kappa shape index (κ3) is 2.62. The highest BCUT2D eigenvalue weighted by atomic mass is 16.5. The van der Waals surface area contributed by atoms with Gasteiger partial charge in [-0.05, 0) is 19.8 Å². The van der Waals surface area contributed by atoms with Crippen molar-refractivity contribution in [2.45, 2.75) is 32.9 Å². The Labute approximate surface area is 122 Å². The average Bonchev–Trinajstić information content (AvgIpc) is 2.84. The van der Waals surface area contributed by atoms with Gasteiger partial charge in [-0.2, -0.15) is 10.4 Å². The molecule has 2 aromatic rings. The van der Waals surface area contributed by atoms with E-state index in [2.05, 4.69) is 11.2 Å². The number of hydrogen-bond donors (Lipinski definition) is 1. The molecule has 2 heterocycles. The van der Waals surface area contributed by atoms with Gasteiger partial charge in [0.25, 0.3) is 0 Å². The summed E-state index contributed by atoms with van der Waals surface area (Å²) in [7, 11) is 1.42. The van der Waals surface area contributed by atoms with Gasteiger partial charge in [0.1, 0.15) is 6.07 Å². The molecular formula is C14H18N4O3. The molecule has 0 aliphatic carbocycles. The van der Waals surface area contributed by atoms with Crippen molar-refractivity contribution < 1.29 is 9.84 Å². The van der Waals surface area contributed by atoms with Crippen LogP contribution in [0.5, 0.6) is 5.75 Å². The van der Waals surface area contributed by atoms with Gasteiger partial charge in [-0.3, -0.25) is 4.79 Å². The summed E-state index contributed by atoms with van der Waals surface area (Å²) in [5.41, 5.74) is 0.596. The predicted octanol–water partition coefficient (Wildman–Crippen LogP) is 0.871. The number of hydrogen-bond acceptors (Lipinski definition) is 5. The van der Waals surface area contributed by atoms with Crippen molar-refractivity contribution in [3.63, 3.8) is 0 Å². The summed E-state index contributed by atoms with van der Waals surface area (Å²) < 4.78 is 8.36. The van der Waals surface area contributed by atoms with E-state index in [0.29, 0.717) is 36.1 Å². The maximum atomic E-state index is 12.2. The second-order valence-electron chi connectivity index (χ2n) is 4.63. The van der Waals surface area contributed by atoms with E-state index >= 15 is 0 Å². The first-order chi connectivity index (χ1) is 10.2. The molecule has 0 aliphatic heterocycles. The third-order valence-corrected chi connectivity index (χ3v) is 3.35. The summed E-state index contributed by atoms with van der Waals surface area (Å²) in [6.07, 6.45) is 3.11. The Morgan fingerprint density at radius 1 is 1.48 bits per heavy atom. The van der Waals surface area contributed by atoms with Crippen LogP contribution < -0.4 is 10.3 Å². The molecule has 0 amide bonds. The molecule has 0 atom stereocenters. The summed E-state index contributed by atoms with van der Waals surface area (Å²) in [5, 5.41) is 22.9. The molecule has 7 nitrogen and oxygen atoms in total. The highest BCUT2D eigenvalue weighted by Crippen LogP contribution is 2.26. The summed E-state index contributed by atoms with van der Waals surface area (Å²) in [6, 6.07) is 2.08. The lowest BCUT2D eigenvalue weighted by Crippen LogP contribution is -2.24. The van der Waals surface area contributed by atoms with Gasteiger partial charge in [0.15, 0.2) is 11.4 Å². The molecule has 0 aliphatic rings. The van der Waals surface area contributed by atoms with Gasteiger partial charge in [-0.25, -0.2) is 4.68 Å². The Kier molecular flexibility index (Phi) is 4.60. The van der Waals surface area contributed by atoms with E-state index in [1.54, 1.807) is 6.20 Å². The maximum absolute atomic E-state index is 12.2. The van der Waals surface area contributed by atoms with E-state index in [1.807, 2.05) is 11.5 Å². The van der Waals surface area contributed by atoms with E-state index in [1.165, 1.54) is 11.8 Å². The number of methoxy groups -OCH3 is 1. The summed E-state index contributed by atoms with van der Waals surface area (Å²) in [6.45, 7) is 3.00. The van der Waals surface area contributed by atoms with Crippen molar-refractivity contribution in [3.05, 3.63) is 22.1 Å². The van der Waals surface area contributed by atoms with Crippen LogP contribution in [0.2, 0.25) is 0 Å². The second kappa shape index (κ2) is 6.41. The lowest BCUT2D eigenvalue weighted by atomic mass is 10.2. The smallest absolute Gasteiger partial charge is 0.309 e. The van der Waals surface area contributed by atoms with Crippen molar-refractivity contribution in [2.75, 3.05) is 13.7 Å². The molecule has 0 aromatic carbocycles. The molecule has 0 radical (unpaired) electrons. The van der Waals surface area contributed by atoms with Crippen LogP contribution in [0.25, 0.3) is 11.0 Å². The number of aliphatic hydroxyl groups excluding tert-OH is 1. The van der Waals surface area contributed by atoms with Gasteiger partial charge in [0.2, 0.25) is 0 Å². The van der Waals surface area contributed by atoms with E-state index < -0.39 is 0 Å². The zero-order chi connectivity index (χ0) is 15.4. The summed E-state index contributed by atoms with van der Waals surface area (Å²) in [5.74, 6) is 0.152. The first-order valence-electron chi connectivity index (χ1n) is 6.86. The Morgan fingerprint density at radius 3 is 2.81 bits per heavy atom. The molecule has 0 saturated carbocycles. The lowest BCUT2D eigenvalue weighted by molar-refractivity contribution is 0.281. The Morgan fingerprint density at radius 2 is 2.24 bits per heavy atom. The number of ether oxygens (including phenoxy) is 1. The number of nitriles is 1. The molecule has 0 saturated heterocycles. The van der Waals surface area contributed by atoms with Gasteiger partial charge in [0.05, 0.1) is 18.1 Å². The Bertz CT molecular complexity index is 739. The van der Waals surface area contributed by atoms with Crippen LogP contribution in [0.4, 0.5) is 0 Å². The van der Waals surface area contributed by atoms with Crippen LogP contribution in [0, 0.1) is 11.3 Å². The zero-order valence-corrected chi connectivity index (χ0v) is 12.2. The minimum Gasteiger partial charge on any atom is -0.490 e. The minimum absolute atomic E-state index is 0.126. The molecule has 2 rings (SSSR count). The normalized spacial score (nSPS) is 10.8. The number of aryl methyl sites for hydroxylation is 2. The fourth-order valence-electron chi connectivity index (χ4n) is 2.31. The van der Waals surface area contributed by atoms with Crippen LogP contribution in [-0.4, -0.2) is 33.2 Å². The highest BCUT2D eigenvalue weighted by molar-refractivity contribution is 5.88. The lowest BCUT2D eigenvalue weighted by Gasteiger charge is -2.08. The number of aromatic nitrogens is 3. The topological polar surface area (TPSA) is 93.1 Å². The SMILES string of the molecule is CCn1nc2c(c(C#N)cn2CCCCO)c(OC)c1=O. The fourth-order valence-corrected chi connectivity index (χ4v) is 2.31. The number of nitrogens with zero attached hydrogens (tertiary/aromatic N) is 4. The summed E-state index contributed by atoms with van der Waals surface area (Å²) in [4.78, 5) is 12.2. The van der Waals surface area contributed by atoms with Crippen molar-refractivity contribution in [1.29, 1.82) is 5.26 Å². The monoisotopic (exact) mass is 290 g/mol. The highest BCUT2D eigenvalue weighted by Gasteiger charge is 2.19. The van der Waals surface area contributed by atoms with Crippen LogP contribution in [0.15, 0.2) is 11.0 Å². The van der Waals surface area contributed by atoms with E-state index in [4.69, 9.17) is 9.84 Å². The Balaban J connectivity index is 2.68. The average molecular weight is 290 g/mol. The molecule has 1 N–H and O–H groups in total. The maximum Gasteiger partial charge on any atom is 0.309 e. The van der Waals surface area contributed by atoms with Gasteiger partial charge >= 0.3 is 5.56 Å². The predicted molar refractivity (Wildman–Crippen MR) is 77.3 cm³/mol. The summed E-state index contributed by atoms with van der Waals surface area (Å²) >= 11 is 0. The van der Waals surface area contributed by atoms with Crippen LogP contribution in [-0.2, 0) is 13.1 Å².